The molecule has 0 atom stereocenters. The molecule has 1 aliphatic rings. The van der Waals surface area contributed by atoms with Crippen LogP contribution in [-0.4, -0.2) is 31.4 Å². The minimum absolute atomic E-state index is 0.329. The zero-order valence-corrected chi connectivity index (χ0v) is 31.8. The van der Waals surface area contributed by atoms with Gasteiger partial charge in [-0.05, 0) is 47.0 Å². The lowest BCUT2D eigenvalue weighted by molar-refractivity contribution is 1.07. The van der Waals surface area contributed by atoms with Crippen molar-refractivity contribution in [2.75, 3.05) is 5.43 Å². The van der Waals surface area contributed by atoms with Crippen LogP contribution in [0.4, 0.5) is 5.69 Å². The van der Waals surface area contributed by atoms with Crippen LogP contribution in [0.5, 0.6) is 0 Å². The van der Waals surface area contributed by atoms with E-state index >= 15 is 0 Å². The van der Waals surface area contributed by atoms with Gasteiger partial charge in [0.05, 0.1) is 22.6 Å². The smallest absolute Gasteiger partial charge is 0.164 e. The third kappa shape index (κ3) is 6.98. The highest BCUT2D eigenvalue weighted by Gasteiger charge is 2.29. The molecule has 7 heteroatoms. The van der Waals surface area contributed by atoms with E-state index in [0.29, 0.717) is 28.9 Å². The van der Waals surface area contributed by atoms with E-state index in [1.807, 2.05) is 140 Å². The molecule has 10 rings (SSSR count). The van der Waals surface area contributed by atoms with Crippen LogP contribution < -0.4 is 5.43 Å². The first-order valence-electron chi connectivity index (χ1n) is 19.4. The Morgan fingerprint density at radius 1 is 0.424 bits per heavy atom. The molecule has 0 aliphatic heterocycles. The summed E-state index contributed by atoms with van der Waals surface area (Å²) in [5.74, 6) is 1.84. The molecular formula is C52H35N7. The number of nitrogens with zero attached hydrogens (tertiary/aromatic N) is 5. The first kappa shape index (κ1) is 35.3. The highest BCUT2D eigenvalue weighted by atomic mass is 15.3. The van der Waals surface area contributed by atoms with Crippen molar-refractivity contribution in [2.24, 2.45) is 5.10 Å². The highest BCUT2D eigenvalue weighted by Crippen LogP contribution is 2.40. The van der Waals surface area contributed by atoms with Crippen molar-refractivity contribution in [2.45, 2.75) is 0 Å². The molecule has 7 nitrogen and oxygen atoms in total. The van der Waals surface area contributed by atoms with Gasteiger partial charge in [0.2, 0.25) is 0 Å². The molecule has 0 amide bonds. The number of allylic oxidation sites excluding steroid dienone is 1. The van der Waals surface area contributed by atoms with E-state index in [4.69, 9.17) is 25.0 Å². The zero-order valence-electron chi connectivity index (χ0n) is 31.8. The van der Waals surface area contributed by atoms with Crippen LogP contribution in [0, 0.1) is 5.41 Å². The molecule has 2 N–H and O–H groups in total. The van der Waals surface area contributed by atoms with Crippen LogP contribution in [0.15, 0.2) is 199 Å². The Kier molecular flexibility index (Phi) is 9.21. The SMILES string of the molecule is N=C1C(c2ccccc2)=Cc2c(-c3ccccc3)nc3ccc(-c4ccc(-c5nc(-c6ccccc6)nc(-c6ccccc6)n5)cc4)cc3c2/C1=N/Nc1ccccc1. The Morgan fingerprint density at radius 2 is 0.881 bits per heavy atom. The van der Waals surface area contributed by atoms with Crippen molar-refractivity contribution in [3.8, 4) is 56.5 Å². The summed E-state index contributed by atoms with van der Waals surface area (Å²) in [5.41, 5.74) is 15.8. The summed E-state index contributed by atoms with van der Waals surface area (Å²) in [6.45, 7) is 0. The Labute approximate surface area is 341 Å². The van der Waals surface area contributed by atoms with E-state index in [0.717, 1.165) is 77.9 Å². The predicted molar refractivity (Wildman–Crippen MR) is 241 cm³/mol. The molecule has 1 aliphatic carbocycles. The average molecular weight is 758 g/mol. The lowest BCUT2D eigenvalue weighted by atomic mass is 9.82. The number of pyridine rings is 1. The monoisotopic (exact) mass is 757 g/mol. The number of hydrogen-bond donors (Lipinski definition) is 2. The minimum Gasteiger partial charge on any atom is -0.298 e. The third-order valence-corrected chi connectivity index (χ3v) is 10.4. The third-order valence-electron chi connectivity index (χ3n) is 10.4. The van der Waals surface area contributed by atoms with Crippen molar-refractivity contribution in [3.63, 3.8) is 0 Å². The van der Waals surface area contributed by atoms with Crippen LogP contribution in [-0.2, 0) is 0 Å². The van der Waals surface area contributed by atoms with Crippen molar-refractivity contribution >= 4 is 39.7 Å². The number of hydrogen-bond acceptors (Lipinski definition) is 7. The van der Waals surface area contributed by atoms with Crippen LogP contribution in [0.3, 0.4) is 0 Å². The number of hydrazone groups is 1. The summed E-state index contributed by atoms with van der Waals surface area (Å²) in [5, 5.41) is 15.6. The molecule has 0 unspecified atom stereocenters. The molecule has 7 aromatic carbocycles. The Hall–Kier alpha value is -8.16. The summed E-state index contributed by atoms with van der Waals surface area (Å²) >= 11 is 0. The van der Waals surface area contributed by atoms with Gasteiger partial charge in [0.25, 0.3) is 0 Å². The van der Waals surface area contributed by atoms with Crippen LogP contribution in [0.1, 0.15) is 16.7 Å². The van der Waals surface area contributed by atoms with Gasteiger partial charge < -0.3 is 0 Å². The fraction of sp³-hybridized carbons (Fsp3) is 0. The lowest BCUT2D eigenvalue weighted by Crippen LogP contribution is -2.24. The van der Waals surface area contributed by atoms with Crippen molar-refractivity contribution in [3.05, 3.63) is 211 Å². The van der Waals surface area contributed by atoms with E-state index in [-0.39, 0.29) is 0 Å². The van der Waals surface area contributed by atoms with E-state index in [2.05, 4.69) is 66.1 Å². The molecule has 0 spiro atoms. The van der Waals surface area contributed by atoms with Crippen LogP contribution in [0.2, 0.25) is 0 Å². The maximum absolute atomic E-state index is 9.67. The summed E-state index contributed by atoms with van der Waals surface area (Å²) in [6, 6.07) is 64.8. The zero-order chi connectivity index (χ0) is 39.5. The number of nitrogens with one attached hydrogen (secondary N) is 2. The summed E-state index contributed by atoms with van der Waals surface area (Å²) in [7, 11) is 0. The molecular weight excluding hydrogens is 723 g/mol. The van der Waals surface area contributed by atoms with Crippen LogP contribution >= 0.6 is 0 Å². The van der Waals surface area contributed by atoms with Gasteiger partial charge in [-0.25, -0.2) is 19.9 Å². The largest absolute Gasteiger partial charge is 0.298 e. The Bertz CT molecular complexity index is 2980. The van der Waals surface area contributed by atoms with Crippen molar-refractivity contribution in [1.82, 2.24) is 19.9 Å². The first-order chi connectivity index (χ1) is 29.2. The molecule has 59 heavy (non-hydrogen) atoms. The van der Waals surface area contributed by atoms with Crippen molar-refractivity contribution in [1.29, 1.82) is 5.41 Å². The van der Waals surface area contributed by atoms with Gasteiger partial charge in [-0.1, -0.05) is 170 Å². The van der Waals surface area contributed by atoms with E-state index in [1.54, 1.807) is 0 Å². The molecule has 0 radical (unpaired) electrons. The molecule has 2 heterocycles. The van der Waals surface area contributed by atoms with Crippen molar-refractivity contribution < 1.29 is 0 Å². The lowest BCUT2D eigenvalue weighted by Gasteiger charge is -2.24. The topological polar surface area (TPSA) is 99.8 Å². The molecule has 9 aromatic rings. The second-order valence-corrected chi connectivity index (χ2v) is 14.2. The standard InChI is InChI=1S/C52H35N7/c53-47-42(35-16-6-1-7-17-35)33-44-46(49(47)59-58-41-24-14-5-15-25-41)43-32-40(30-31-45(43)54-48(44)36-18-8-2-9-19-36)34-26-28-39(29-27-34)52-56-50(37-20-10-3-11-21-37)55-51(57-52)38-22-12-4-13-23-38/h1-33,53,58H/b53-47?,59-49-. The minimum atomic E-state index is 0.329. The molecule has 0 bridgehead atoms. The second kappa shape index (κ2) is 15.4. The van der Waals surface area contributed by atoms with Crippen LogP contribution in [0.25, 0.3) is 79.1 Å². The number of rotatable bonds is 8. The second-order valence-electron chi connectivity index (χ2n) is 14.2. The van der Waals surface area contributed by atoms with Gasteiger partial charge in [-0.2, -0.15) is 5.10 Å². The predicted octanol–water partition coefficient (Wildman–Crippen LogP) is 12.1. The van der Waals surface area contributed by atoms with E-state index in [1.165, 1.54) is 0 Å². The molecule has 278 valence electrons. The Morgan fingerprint density at radius 3 is 1.44 bits per heavy atom. The number of anilines is 1. The summed E-state index contributed by atoms with van der Waals surface area (Å²) in [6.07, 6.45) is 2.10. The maximum Gasteiger partial charge on any atom is 0.164 e. The molecule has 0 saturated carbocycles. The summed E-state index contributed by atoms with van der Waals surface area (Å²) < 4.78 is 0. The quantitative estimate of drug-likeness (QED) is 0.150. The molecule has 0 saturated heterocycles. The number of aromatic nitrogens is 4. The van der Waals surface area contributed by atoms with Gasteiger partial charge in [-0.3, -0.25) is 10.8 Å². The number of fused-ring (bicyclic) bond motifs is 3. The summed E-state index contributed by atoms with van der Waals surface area (Å²) in [4.78, 5) is 20.0. The fourth-order valence-corrected chi connectivity index (χ4v) is 7.48. The highest BCUT2D eigenvalue weighted by molar-refractivity contribution is 6.65. The number of para-hydroxylation sites is 1. The van der Waals surface area contributed by atoms with Gasteiger partial charge in [0, 0.05) is 44.3 Å². The van der Waals surface area contributed by atoms with E-state index in [9.17, 15) is 5.41 Å². The maximum atomic E-state index is 9.67. The Balaban J connectivity index is 1.12. The van der Waals surface area contributed by atoms with Gasteiger partial charge in [0.1, 0.15) is 5.71 Å². The molecule has 2 aromatic heterocycles. The average Bonchev–Trinajstić information content (AvgIpc) is 3.32. The fourth-order valence-electron chi connectivity index (χ4n) is 7.48. The first-order valence-corrected chi connectivity index (χ1v) is 19.4. The normalized spacial score (nSPS) is 12.9. The number of benzene rings is 7. The van der Waals surface area contributed by atoms with Gasteiger partial charge >= 0.3 is 0 Å². The van der Waals surface area contributed by atoms with Gasteiger partial charge in [-0.15, -0.1) is 0 Å². The van der Waals surface area contributed by atoms with E-state index < -0.39 is 0 Å². The van der Waals surface area contributed by atoms with Gasteiger partial charge in [0.15, 0.2) is 17.5 Å². The molecule has 0 fully saturated rings.